The number of hydrogen-bond acceptors (Lipinski definition) is 1. The third-order valence-electron chi connectivity index (χ3n) is 3.15. The van der Waals surface area contributed by atoms with E-state index in [-0.39, 0.29) is 5.56 Å². The zero-order valence-corrected chi connectivity index (χ0v) is 9.47. The van der Waals surface area contributed by atoms with Crippen LogP contribution in [-0.2, 0) is 5.92 Å². The smallest absolute Gasteiger partial charge is 0.288 e. The Hall–Kier alpha value is -0.960. The number of piperidine rings is 1. The van der Waals surface area contributed by atoms with Crippen LogP contribution in [0.1, 0.15) is 30.4 Å². The molecule has 0 saturated carbocycles. The maximum Gasteiger partial charge on any atom is 0.288 e. The zero-order chi connectivity index (χ0) is 11.6. The van der Waals surface area contributed by atoms with Crippen molar-refractivity contribution < 1.29 is 8.78 Å². The lowest BCUT2D eigenvalue weighted by molar-refractivity contribution is -0.0512. The molecule has 1 fully saturated rings. The lowest BCUT2D eigenvalue weighted by atomic mass is 9.93. The lowest BCUT2D eigenvalue weighted by Gasteiger charge is -2.31. The van der Waals surface area contributed by atoms with Crippen LogP contribution in [0.5, 0.6) is 0 Å². The molecule has 1 heterocycles. The summed E-state index contributed by atoms with van der Waals surface area (Å²) in [5.41, 5.74) is 1.01. The van der Waals surface area contributed by atoms with Gasteiger partial charge in [-0.05, 0) is 26.3 Å². The van der Waals surface area contributed by atoms with Gasteiger partial charge < -0.3 is 5.32 Å². The molecule has 0 aliphatic carbocycles. The quantitative estimate of drug-likeness (QED) is 0.814. The van der Waals surface area contributed by atoms with E-state index in [9.17, 15) is 8.78 Å². The average molecular weight is 225 g/mol. The third-order valence-corrected chi connectivity index (χ3v) is 3.15. The molecule has 0 amide bonds. The van der Waals surface area contributed by atoms with Gasteiger partial charge in [-0.25, -0.2) is 0 Å². The summed E-state index contributed by atoms with van der Waals surface area (Å²) in [5.74, 6) is -2.76. The molecular formula is C13H17F2N. The first-order valence-corrected chi connectivity index (χ1v) is 5.79. The van der Waals surface area contributed by atoms with Gasteiger partial charge in [0.2, 0.25) is 0 Å². The van der Waals surface area contributed by atoms with Crippen molar-refractivity contribution in [1.29, 1.82) is 0 Å². The van der Waals surface area contributed by atoms with Crippen molar-refractivity contribution in [2.75, 3.05) is 6.54 Å². The van der Waals surface area contributed by atoms with Crippen LogP contribution >= 0.6 is 0 Å². The fourth-order valence-corrected chi connectivity index (χ4v) is 2.21. The number of halogens is 2. The van der Waals surface area contributed by atoms with Crippen molar-refractivity contribution in [3.63, 3.8) is 0 Å². The first-order chi connectivity index (χ1) is 7.60. The van der Waals surface area contributed by atoms with Gasteiger partial charge in [-0.1, -0.05) is 36.2 Å². The predicted molar refractivity (Wildman–Crippen MR) is 60.7 cm³/mol. The van der Waals surface area contributed by atoms with Crippen molar-refractivity contribution >= 4 is 0 Å². The summed E-state index contributed by atoms with van der Waals surface area (Å²) in [7, 11) is 0. The molecule has 1 atom stereocenters. The summed E-state index contributed by atoms with van der Waals surface area (Å²) in [6, 6.07) is 5.93. The number of hydrogen-bond donors (Lipinski definition) is 1. The van der Waals surface area contributed by atoms with E-state index in [1.54, 1.807) is 12.1 Å². The minimum absolute atomic E-state index is 0.131. The summed E-state index contributed by atoms with van der Waals surface area (Å²) in [6.07, 6.45) is 2.44. The summed E-state index contributed by atoms with van der Waals surface area (Å²) in [5, 5.41) is 2.93. The number of rotatable bonds is 2. The lowest BCUT2D eigenvalue weighted by Crippen LogP contribution is -2.45. The summed E-state index contributed by atoms with van der Waals surface area (Å²) in [4.78, 5) is 0. The van der Waals surface area contributed by atoms with Gasteiger partial charge in [0, 0.05) is 5.56 Å². The molecule has 88 valence electrons. The van der Waals surface area contributed by atoms with Crippen LogP contribution in [0, 0.1) is 6.92 Å². The van der Waals surface area contributed by atoms with Crippen molar-refractivity contribution in [2.24, 2.45) is 0 Å². The maximum atomic E-state index is 14.2. The highest BCUT2D eigenvalue weighted by Crippen LogP contribution is 2.35. The molecule has 16 heavy (non-hydrogen) atoms. The molecular weight excluding hydrogens is 208 g/mol. The molecule has 0 radical (unpaired) electrons. The molecule has 1 unspecified atom stereocenters. The van der Waals surface area contributed by atoms with Crippen LogP contribution in [0.25, 0.3) is 0 Å². The highest BCUT2D eigenvalue weighted by molar-refractivity contribution is 5.27. The monoisotopic (exact) mass is 225 g/mol. The van der Waals surface area contributed by atoms with E-state index in [0.717, 1.165) is 18.4 Å². The molecule has 2 rings (SSSR count). The van der Waals surface area contributed by atoms with Gasteiger partial charge in [0.05, 0.1) is 6.04 Å². The van der Waals surface area contributed by atoms with Crippen LogP contribution in [0.4, 0.5) is 8.78 Å². The Labute approximate surface area is 94.9 Å². The molecule has 1 aliphatic heterocycles. The van der Waals surface area contributed by atoms with Crippen LogP contribution in [0.15, 0.2) is 24.3 Å². The molecule has 0 spiro atoms. The maximum absolute atomic E-state index is 14.2. The normalized spacial score (nSPS) is 22.1. The molecule has 3 heteroatoms. The van der Waals surface area contributed by atoms with Gasteiger partial charge in [-0.3, -0.25) is 0 Å². The van der Waals surface area contributed by atoms with Gasteiger partial charge in [0.25, 0.3) is 5.92 Å². The van der Waals surface area contributed by atoms with E-state index in [4.69, 9.17) is 0 Å². The Kier molecular flexibility index (Phi) is 3.24. The Balaban J connectivity index is 2.22. The Morgan fingerprint density at radius 3 is 2.75 bits per heavy atom. The Morgan fingerprint density at radius 1 is 1.31 bits per heavy atom. The van der Waals surface area contributed by atoms with E-state index < -0.39 is 12.0 Å². The van der Waals surface area contributed by atoms with Gasteiger partial charge >= 0.3 is 0 Å². The second-order valence-corrected chi connectivity index (χ2v) is 4.49. The minimum Gasteiger partial charge on any atom is -0.308 e. The largest absolute Gasteiger partial charge is 0.308 e. The predicted octanol–water partition coefficient (Wildman–Crippen LogP) is 3.23. The van der Waals surface area contributed by atoms with E-state index in [0.29, 0.717) is 13.0 Å². The fraction of sp³-hybridized carbons (Fsp3) is 0.538. The van der Waals surface area contributed by atoms with Crippen LogP contribution < -0.4 is 5.32 Å². The van der Waals surface area contributed by atoms with Crippen molar-refractivity contribution in [3.05, 3.63) is 35.4 Å². The third kappa shape index (κ3) is 2.24. The Morgan fingerprint density at radius 2 is 2.12 bits per heavy atom. The van der Waals surface area contributed by atoms with E-state index >= 15 is 0 Å². The topological polar surface area (TPSA) is 12.0 Å². The molecule has 0 bridgehead atoms. The van der Waals surface area contributed by atoms with Crippen LogP contribution in [-0.4, -0.2) is 12.6 Å². The van der Waals surface area contributed by atoms with Crippen molar-refractivity contribution in [3.8, 4) is 0 Å². The second-order valence-electron chi connectivity index (χ2n) is 4.49. The van der Waals surface area contributed by atoms with Crippen LogP contribution in [0.2, 0.25) is 0 Å². The SMILES string of the molecule is Cc1cccc(C(F)(F)C2CCCCN2)c1. The fourth-order valence-electron chi connectivity index (χ4n) is 2.21. The molecule has 0 aromatic heterocycles. The van der Waals surface area contributed by atoms with Crippen LogP contribution in [0.3, 0.4) is 0 Å². The van der Waals surface area contributed by atoms with Gasteiger partial charge in [-0.2, -0.15) is 8.78 Å². The van der Waals surface area contributed by atoms with E-state index in [2.05, 4.69) is 5.32 Å². The molecule has 1 aliphatic rings. The number of benzene rings is 1. The second kappa shape index (κ2) is 4.50. The first kappa shape index (κ1) is 11.5. The number of nitrogens with one attached hydrogen (secondary N) is 1. The minimum atomic E-state index is -2.76. The highest BCUT2D eigenvalue weighted by atomic mass is 19.3. The average Bonchev–Trinajstić information content (AvgIpc) is 2.30. The standard InChI is InChI=1S/C13H17F2N/c1-10-5-4-6-11(9-10)13(14,15)12-7-2-3-8-16-12/h4-6,9,12,16H,2-3,7-8H2,1H3. The van der Waals surface area contributed by atoms with Gasteiger partial charge in [-0.15, -0.1) is 0 Å². The highest BCUT2D eigenvalue weighted by Gasteiger charge is 2.41. The van der Waals surface area contributed by atoms with Gasteiger partial charge in [0.15, 0.2) is 0 Å². The van der Waals surface area contributed by atoms with Crippen molar-refractivity contribution in [2.45, 2.75) is 38.2 Å². The van der Waals surface area contributed by atoms with Crippen molar-refractivity contribution in [1.82, 2.24) is 5.32 Å². The summed E-state index contributed by atoms with van der Waals surface area (Å²) < 4.78 is 28.3. The molecule has 1 N–H and O–H groups in total. The molecule has 1 saturated heterocycles. The number of alkyl halides is 2. The van der Waals surface area contributed by atoms with Gasteiger partial charge in [0.1, 0.15) is 0 Å². The zero-order valence-electron chi connectivity index (χ0n) is 9.47. The Bertz CT molecular complexity index is 357. The molecule has 1 nitrogen and oxygen atoms in total. The van der Waals surface area contributed by atoms with E-state index in [1.807, 2.05) is 13.0 Å². The molecule has 1 aromatic rings. The molecule has 1 aromatic carbocycles. The summed E-state index contributed by atoms with van der Waals surface area (Å²) in [6.45, 7) is 2.54. The first-order valence-electron chi connectivity index (χ1n) is 5.79. The van der Waals surface area contributed by atoms with E-state index in [1.165, 1.54) is 6.07 Å². The summed E-state index contributed by atoms with van der Waals surface area (Å²) >= 11 is 0. The number of aryl methyl sites for hydroxylation is 1.